The summed E-state index contributed by atoms with van der Waals surface area (Å²) in [6.07, 6.45) is 12.0. The van der Waals surface area contributed by atoms with Crippen LogP contribution in [0.3, 0.4) is 0 Å². The second kappa shape index (κ2) is 7.84. The maximum absolute atomic E-state index is 13.1. The van der Waals surface area contributed by atoms with Crippen molar-refractivity contribution in [3.05, 3.63) is 84.8 Å². The molecule has 0 aliphatic carbocycles. The Labute approximate surface area is 195 Å². The van der Waals surface area contributed by atoms with Crippen LogP contribution in [-0.4, -0.2) is 35.5 Å². The lowest BCUT2D eigenvalue weighted by Gasteiger charge is -2.06. The van der Waals surface area contributed by atoms with E-state index < -0.39 is 5.91 Å². The molecule has 0 saturated heterocycles. The Hall–Kier alpha value is -4.46. The third-order valence-electron chi connectivity index (χ3n) is 6.38. The van der Waals surface area contributed by atoms with Gasteiger partial charge in [0.1, 0.15) is 0 Å². The highest BCUT2D eigenvalue weighted by Gasteiger charge is 2.35. The minimum Gasteiger partial charge on any atom is -0.349 e. The van der Waals surface area contributed by atoms with E-state index in [0.717, 1.165) is 41.5 Å². The molecule has 0 unspecified atom stereocenters. The van der Waals surface area contributed by atoms with Crippen molar-refractivity contribution in [3.8, 4) is 0 Å². The number of aryl methyl sites for hydroxylation is 3. The highest BCUT2D eigenvalue weighted by atomic mass is 16.2. The lowest BCUT2D eigenvalue weighted by molar-refractivity contribution is -0.122. The van der Waals surface area contributed by atoms with Gasteiger partial charge < -0.3 is 13.7 Å². The molecule has 0 atom stereocenters. The van der Waals surface area contributed by atoms with Crippen LogP contribution in [0.15, 0.2) is 73.7 Å². The molecule has 8 heteroatoms. The van der Waals surface area contributed by atoms with Gasteiger partial charge in [-0.05, 0) is 24.6 Å². The van der Waals surface area contributed by atoms with Gasteiger partial charge in [0.05, 0.1) is 28.5 Å². The first-order valence-electron chi connectivity index (χ1n) is 11.2. The fraction of sp³-hybridized carbons (Fsp3) is 0.154. The summed E-state index contributed by atoms with van der Waals surface area (Å²) in [5, 5.41) is 3.46. The number of aromatic nitrogens is 5. The Morgan fingerprint density at radius 3 is 2.50 bits per heavy atom. The zero-order valence-corrected chi connectivity index (χ0v) is 18.6. The van der Waals surface area contributed by atoms with Gasteiger partial charge in [-0.2, -0.15) is 0 Å². The molecule has 1 aromatic carbocycles. The van der Waals surface area contributed by atoms with Crippen molar-refractivity contribution in [2.24, 2.45) is 7.05 Å². The van der Waals surface area contributed by atoms with Crippen molar-refractivity contribution in [1.82, 2.24) is 29.0 Å². The van der Waals surface area contributed by atoms with Gasteiger partial charge in [0.25, 0.3) is 11.8 Å². The van der Waals surface area contributed by atoms with Gasteiger partial charge >= 0.3 is 0 Å². The fourth-order valence-corrected chi connectivity index (χ4v) is 4.84. The molecule has 0 radical (unpaired) electrons. The van der Waals surface area contributed by atoms with Crippen molar-refractivity contribution < 1.29 is 9.59 Å². The van der Waals surface area contributed by atoms with Gasteiger partial charge in [-0.15, -0.1) is 0 Å². The van der Waals surface area contributed by atoms with E-state index in [9.17, 15) is 9.59 Å². The second-order valence-corrected chi connectivity index (χ2v) is 8.47. The number of hydrogen-bond donors (Lipinski definition) is 1. The van der Waals surface area contributed by atoms with Crippen LogP contribution in [0, 0.1) is 0 Å². The highest BCUT2D eigenvalue weighted by Crippen LogP contribution is 2.38. The number of imide groups is 1. The van der Waals surface area contributed by atoms with Gasteiger partial charge in [-0.3, -0.25) is 19.9 Å². The van der Waals surface area contributed by atoms with Crippen LogP contribution < -0.4 is 5.32 Å². The Kier molecular flexibility index (Phi) is 4.65. The number of nitrogens with zero attached hydrogens (tertiary/aromatic N) is 5. The molecule has 1 aliphatic rings. The van der Waals surface area contributed by atoms with Gasteiger partial charge in [0.15, 0.2) is 0 Å². The van der Waals surface area contributed by atoms with E-state index in [4.69, 9.17) is 0 Å². The van der Waals surface area contributed by atoms with Crippen molar-refractivity contribution in [3.63, 3.8) is 0 Å². The van der Waals surface area contributed by atoms with E-state index in [-0.39, 0.29) is 5.91 Å². The first-order chi connectivity index (χ1) is 16.6. The van der Waals surface area contributed by atoms with Crippen LogP contribution in [0.1, 0.15) is 17.5 Å². The third-order valence-corrected chi connectivity index (χ3v) is 6.38. The van der Waals surface area contributed by atoms with E-state index in [0.29, 0.717) is 22.2 Å². The predicted molar refractivity (Wildman–Crippen MR) is 129 cm³/mol. The Bertz CT molecular complexity index is 1600. The molecule has 6 rings (SSSR count). The number of benzene rings is 1. The molecular formula is C26H22N6O2. The molecule has 5 heterocycles. The van der Waals surface area contributed by atoms with Crippen LogP contribution >= 0.6 is 0 Å². The maximum Gasteiger partial charge on any atom is 0.259 e. The number of amides is 2. The first kappa shape index (κ1) is 20.2. The Balaban J connectivity index is 1.50. The van der Waals surface area contributed by atoms with Crippen molar-refractivity contribution in [2.75, 3.05) is 0 Å². The summed E-state index contributed by atoms with van der Waals surface area (Å²) < 4.78 is 6.13. The third kappa shape index (κ3) is 3.14. The lowest BCUT2D eigenvalue weighted by atomic mass is 9.97. The number of carbonyl (C=O) groups excluding carboxylic acids is 2. The number of nitrogens with one attached hydrogen (secondary N) is 1. The Morgan fingerprint density at radius 1 is 0.882 bits per heavy atom. The smallest absolute Gasteiger partial charge is 0.259 e. The molecule has 168 valence electrons. The molecule has 2 amide bonds. The SMILES string of the molecule is Cn1cc(C2=C(c3cn(CCCn4ccnc4)c4ccccc34)C(=O)NC2=O)c2ncccc21. The molecule has 0 spiro atoms. The van der Waals surface area contributed by atoms with E-state index in [2.05, 4.69) is 19.9 Å². The molecule has 34 heavy (non-hydrogen) atoms. The zero-order chi connectivity index (χ0) is 23.2. The van der Waals surface area contributed by atoms with Crippen LogP contribution in [0.2, 0.25) is 0 Å². The standard InChI is InChI=1S/C26H22N6O2/c1-30-14-19(24-21(30)8-4-9-28-24)23-22(25(33)29-26(23)34)18-15-32(20-7-3-2-6-17(18)20)12-5-11-31-13-10-27-16-31/h2-4,6-10,13-16H,5,11-12H2,1H3,(H,29,33,34). The number of imidazole rings is 1. The van der Waals surface area contributed by atoms with Crippen LogP contribution in [0.4, 0.5) is 0 Å². The van der Waals surface area contributed by atoms with Crippen LogP contribution in [-0.2, 0) is 29.7 Å². The zero-order valence-electron chi connectivity index (χ0n) is 18.6. The molecule has 1 aliphatic heterocycles. The molecule has 5 aromatic rings. The summed E-state index contributed by atoms with van der Waals surface area (Å²) in [5.41, 5.74) is 4.81. The van der Waals surface area contributed by atoms with E-state index in [1.54, 1.807) is 12.4 Å². The van der Waals surface area contributed by atoms with Crippen molar-refractivity contribution in [2.45, 2.75) is 19.5 Å². The number of hydrogen-bond acceptors (Lipinski definition) is 4. The molecule has 0 saturated carbocycles. The van der Waals surface area contributed by atoms with Crippen LogP contribution in [0.5, 0.6) is 0 Å². The summed E-state index contributed by atoms with van der Waals surface area (Å²) in [5.74, 6) is -0.774. The minimum atomic E-state index is -0.393. The van der Waals surface area contributed by atoms with Crippen LogP contribution in [0.25, 0.3) is 33.1 Å². The summed E-state index contributed by atoms with van der Waals surface area (Å²) >= 11 is 0. The molecule has 8 nitrogen and oxygen atoms in total. The maximum atomic E-state index is 13.1. The average Bonchev–Trinajstić information content (AvgIpc) is 3.61. The number of fused-ring (bicyclic) bond motifs is 2. The number of rotatable bonds is 6. The van der Waals surface area contributed by atoms with Gasteiger partial charge in [0, 0.05) is 73.2 Å². The van der Waals surface area contributed by atoms with Gasteiger partial charge in [-0.1, -0.05) is 18.2 Å². The topological polar surface area (TPSA) is 86.7 Å². The molecule has 0 fully saturated rings. The normalized spacial score (nSPS) is 14.0. The van der Waals surface area contributed by atoms with E-state index in [1.165, 1.54) is 0 Å². The predicted octanol–water partition coefficient (Wildman–Crippen LogP) is 3.38. The number of pyridine rings is 1. The second-order valence-electron chi connectivity index (χ2n) is 8.47. The van der Waals surface area contributed by atoms with Crippen molar-refractivity contribution in [1.29, 1.82) is 0 Å². The van der Waals surface area contributed by atoms with E-state index in [1.807, 2.05) is 77.5 Å². The fourth-order valence-electron chi connectivity index (χ4n) is 4.84. The summed E-state index contributed by atoms with van der Waals surface area (Å²) in [6.45, 7) is 1.61. The minimum absolute atomic E-state index is 0.371. The number of para-hydroxylation sites is 1. The Morgan fingerprint density at radius 2 is 1.68 bits per heavy atom. The molecule has 0 bridgehead atoms. The molecular weight excluding hydrogens is 428 g/mol. The van der Waals surface area contributed by atoms with Crippen molar-refractivity contribution >= 4 is 44.9 Å². The van der Waals surface area contributed by atoms with E-state index >= 15 is 0 Å². The molecule has 1 N–H and O–H groups in total. The number of carbonyl (C=O) groups is 2. The highest BCUT2D eigenvalue weighted by molar-refractivity contribution is 6.50. The monoisotopic (exact) mass is 450 g/mol. The summed E-state index contributed by atoms with van der Waals surface area (Å²) in [7, 11) is 1.91. The average molecular weight is 451 g/mol. The quantitative estimate of drug-likeness (QED) is 0.402. The summed E-state index contributed by atoms with van der Waals surface area (Å²) in [6, 6.07) is 11.8. The van der Waals surface area contributed by atoms with Gasteiger partial charge in [0.2, 0.25) is 0 Å². The molecule has 4 aromatic heterocycles. The summed E-state index contributed by atoms with van der Waals surface area (Å²) in [4.78, 5) is 34.7. The largest absolute Gasteiger partial charge is 0.349 e. The van der Waals surface area contributed by atoms with Gasteiger partial charge in [-0.25, -0.2) is 4.98 Å². The first-order valence-corrected chi connectivity index (χ1v) is 11.2. The lowest BCUT2D eigenvalue weighted by Crippen LogP contribution is -2.22.